The first-order valence-corrected chi connectivity index (χ1v) is 36.8. The highest BCUT2D eigenvalue weighted by molar-refractivity contribution is 5.99. The Labute approximate surface area is 603 Å². The van der Waals surface area contributed by atoms with Crippen LogP contribution in [0.3, 0.4) is 0 Å². The number of nitrogens with one attached hydrogen (secondary N) is 11. The Morgan fingerprint density at radius 2 is 0.725 bits per heavy atom. The summed E-state index contributed by atoms with van der Waals surface area (Å²) in [7, 11) is 0. The number of carbonyl (C=O) groups is 11. The number of rotatable bonds is 52. The van der Waals surface area contributed by atoms with E-state index in [0.717, 1.165) is 16.5 Å². The Morgan fingerprint density at radius 1 is 0.382 bits per heavy atom. The molecule has 0 fully saturated rings. The second-order valence-electron chi connectivity index (χ2n) is 28.0. The average Bonchev–Trinajstić information content (AvgIpc) is 1.54. The molecule has 572 valence electrons. The molecule has 12 atom stereocenters. The Bertz CT molecular complexity index is 3080. The van der Waals surface area contributed by atoms with Crippen LogP contribution in [0.1, 0.15) is 182 Å². The number of aromatic amines is 1. The minimum Gasteiger partial charge on any atom is -0.368 e. The molecule has 0 aliphatic rings. The molecule has 0 aliphatic heterocycles. The molecule has 102 heavy (non-hydrogen) atoms. The van der Waals surface area contributed by atoms with Crippen molar-refractivity contribution in [3.63, 3.8) is 0 Å². The highest BCUT2D eigenvalue weighted by Crippen LogP contribution is 2.20. The smallest absolute Gasteiger partial charge is 0.243 e. The zero-order valence-electron chi connectivity index (χ0n) is 61.6. The molecule has 1 heterocycles. The van der Waals surface area contributed by atoms with Crippen LogP contribution in [0.2, 0.25) is 0 Å². The van der Waals surface area contributed by atoms with Crippen molar-refractivity contribution >= 4 is 75.9 Å². The number of hydrogen-bond donors (Lipinski definition) is 18. The van der Waals surface area contributed by atoms with Crippen LogP contribution in [-0.2, 0) is 65.6 Å². The van der Waals surface area contributed by atoms with Gasteiger partial charge in [0, 0.05) is 23.5 Å². The van der Waals surface area contributed by atoms with Gasteiger partial charge in [0.15, 0.2) is 0 Å². The number of aromatic nitrogens is 1. The van der Waals surface area contributed by atoms with E-state index in [1.807, 2.05) is 58.9 Å². The maximum atomic E-state index is 15.0. The van der Waals surface area contributed by atoms with Gasteiger partial charge in [0.2, 0.25) is 65.0 Å². The number of nitrogens with two attached hydrogens (primary N) is 7. The molecule has 0 radical (unpaired) electrons. The van der Waals surface area contributed by atoms with E-state index in [1.54, 1.807) is 57.3 Å². The van der Waals surface area contributed by atoms with Gasteiger partial charge in [-0.15, -0.1) is 0 Å². The molecule has 0 saturated heterocycles. The maximum Gasteiger partial charge on any atom is 0.243 e. The fraction of sp³-hybridized carbons (Fsp3) is 0.658. The van der Waals surface area contributed by atoms with Crippen LogP contribution in [0.5, 0.6) is 0 Å². The van der Waals surface area contributed by atoms with Crippen LogP contribution < -0.4 is 93.3 Å². The summed E-state index contributed by atoms with van der Waals surface area (Å²) in [5.41, 5.74) is 43.8. The Balaban J connectivity index is 1.96. The molecule has 11 amide bonds. The van der Waals surface area contributed by atoms with Crippen molar-refractivity contribution in [3.05, 3.63) is 71.9 Å². The SMILES string of the molecule is CC[C@H](C)[C@H](NC(=O)[C@H](CCCCN)NC(=O)[C@H](CCCCN)NC(=O)[C@H](Cc1ccccc1)NC(=O)[C@H](CC(C)C)NC(=O)[C@H](CCCCN)NC(=O)[C@H](CCCCN)NC(=O)[C@@H](N)Cc1c[nH]c2ccccc12)C(=O)N[C@@H](CCCCN)C(=O)N[C@H](C(=O)N[C@@H](CC(C)C)C(N)=O)C(C)C. The van der Waals surface area contributed by atoms with E-state index in [-0.39, 0.29) is 82.7 Å². The number of fused-ring (bicyclic) bond motifs is 1. The Morgan fingerprint density at radius 3 is 1.15 bits per heavy atom. The topological polar surface area (TPSA) is 506 Å². The summed E-state index contributed by atoms with van der Waals surface area (Å²) in [6.45, 7) is 15.9. The quantitative estimate of drug-likeness (QED) is 0.0351. The molecule has 1 aromatic heterocycles. The van der Waals surface area contributed by atoms with Crippen molar-refractivity contribution in [2.24, 2.45) is 63.8 Å². The Kier molecular flexibility index (Phi) is 41.4. The van der Waals surface area contributed by atoms with Gasteiger partial charge in [-0.05, 0) is 189 Å². The largest absolute Gasteiger partial charge is 0.368 e. The van der Waals surface area contributed by atoms with Crippen molar-refractivity contribution in [1.29, 1.82) is 0 Å². The second kappa shape index (κ2) is 48.0. The third kappa shape index (κ3) is 31.7. The molecule has 0 bridgehead atoms. The predicted octanol–water partition coefficient (Wildman–Crippen LogP) is 1.05. The lowest BCUT2D eigenvalue weighted by Crippen LogP contribution is -2.61. The van der Waals surface area contributed by atoms with Crippen LogP contribution in [0.25, 0.3) is 10.9 Å². The van der Waals surface area contributed by atoms with Gasteiger partial charge in [-0.25, -0.2) is 0 Å². The van der Waals surface area contributed by atoms with Crippen molar-refractivity contribution in [2.45, 2.75) is 250 Å². The summed E-state index contributed by atoms with van der Waals surface area (Å²) in [6, 6.07) is 3.33. The second-order valence-corrected chi connectivity index (χ2v) is 28.0. The molecule has 2 aromatic carbocycles. The Hall–Kier alpha value is -8.09. The van der Waals surface area contributed by atoms with E-state index < -0.39 is 143 Å². The van der Waals surface area contributed by atoms with Crippen LogP contribution in [0.15, 0.2) is 60.8 Å². The molecular weight excluding hydrogens is 1300 g/mol. The van der Waals surface area contributed by atoms with Crippen LogP contribution in [-0.4, -0.2) is 169 Å². The normalized spacial score (nSPS) is 15.0. The first-order chi connectivity index (χ1) is 48.6. The summed E-state index contributed by atoms with van der Waals surface area (Å²) in [5, 5.41) is 29.1. The van der Waals surface area contributed by atoms with E-state index in [9.17, 15) is 52.7 Å². The summed E-state index contributed by atoms with van der Waals surface area (Å²) in [5.74, 6) is -8.84. The van der Waals surface area contributed by atoms with E-state index in [0.29, 0.717) is 95.8 Å². The lowest BCUT2D eigenvalue weighted by molar-refractivity contribution is -0.137. The van der Waals surface area contributed by atoms with E-state index >= 15 is 0 Å². The standard InChI is InChI=1S/C73H124N18O11/c1-9-47(8)62(73(102)86-57(33-19-24-38-78)68(97)90-61(46(6)7)72(101)87-58(63(80)92)39-44(2)3)91-69(98)56(32-18-23-37-77)84-66(95)54(30-16-21-35-75)85-71(100)60(41-48-25-11-10-12-26-48)89-70(99)59(40-45(4)5)88-67(96)55(31-17-22-36-76)83-65(94)53(29-15-20-34-74)82-64(93)51(79)42-49-43-81-52-28-14-13-27-50(49)52/h10-14,25-28,43-47,51,53-62,81H,9,15-24,29-42,74-79H2,1-8H3,(H2,80,92)(H,82,93)(H,83,94)(H,84,95)(H,85,100)(H,86,102)(H,87,101)(H,88,96)(H,89,99)(H,90,97)(H,91,98)/t47-,51-,53-,54-,55-,56-,57-,58-,59-,60-,61-,62-/m0/s1. The highest BCUT2D eigenvalue weighted by atomic mass is 16.2. The van der Waals surface area contributed by atoms with E-state index in [2.05, 4.69) is 58.2 Å². The number of primary amides is 1. The molecule has 0 unspecified atom stereocenters. The molecule has 3 rings (SSSR count). The van der Waals surface area contributed by atoms with E-state index in [1.165, 1.54) is 0 Å². The molecular formula is C73H124N18O11. The number of H-pyrrole nitrogens is 1. The van der Waals surface area contributed by atoms with Crippen molar-refractivity contribution in [2.75, 3.05) is 32.7 Å². The minimum atomic E-state index is -1.35. The summed E-state index contributed by atoms with van der Waals surface area (Å²) in [6.07, 6.45) is 7.65. The molecule has 0 spiro atoms. The number of benzene rings is 2. The number of unbranched alkanes of at least 4 members (excludes halogenated alkanes) is 5. The average molecular weight is 1430 g/mol. The van der Waals surface area contributed by atoms with Crippen molar-refractivity contribution in [1.82, 2.24) is 58.2 Å². The first kappa shape index (κ1) is 88.1. The predicted molar refractivity (Wildman–Crippen MR) is 396 cm³/mol. The van der Waals surface area contributed by atoms with Gasteiger partial charge < -0.3 is 98.3 Å². The van der Waals surface area contributed by atoms with Crippen LogP contribution >= 0.6 is 0 Å². The highest BCUT2D eigenvalue weighted by Gasteiger charge is 2.38. The number of hydrogen-bond acceptors (Lipinski definition) is 17. The van der Waals surface area contributed by atoms with Gasteiger partial charge in [-0.2, -0.15) is 0 Å². The number of carbonyl (C=O) groups excluding carboxylic acids is 11. The third-order valence-corrected chi connectivity index (χ3v) is 18.0. The maximum absolute atomic E-state index is 15.0. The molecule has 29 nitrogen and oxygen atoms in total. The number of para-hydroxylation sites is 1. The fourth-order valence-electron chi connectivity index (χ4n) is 11.8. The zero-order valence-corrected chi connectivity index (χ0v) is 61.6. The fourth-order valence-corrected chi connectivity index (χ4v) is 11.8. The molecule has 0 aliphatic carbocycles. The minimum absolute atomic E-state index is 0.0124. The lowest BCUT2D eigenvalue weighted by Gasteiger charge is -2.30. The van der Waals surface area contributed by atoms with Gasteiger partial charge >= 0.3 is 0 Å². The first-order valence-electron chi connectivity index (χ1n) is 36.8. The van der Waals surface area contributed by atoms with Crippen LogP contribution in [0, 0.1) is 23.7 Å². The third-order valence-electron chi connectivity index (χ3n) is 18.0. The molecule has 0 saturated carbocycles. The van der Waals surface area contributed by atoms with Gasteiger partial charge in [0.25, 0.3) is 0 Å². The van der Waals surface area contributed by atoms with E-state index in [4.69, 9.17) is 40.1 Å². The van der Waals surface area contributed by atoms with Gasteiger partial charge in [0.1, 0.15) is 60.4 Å². The van der Waals surface area contributed by atoms with Gasteiger partial charge in [0.05, 0.1) is 6.04 Å². The van der Waals surface area contributed by atoms with Crippen molar-refractivity contribution in [3.8, 4) is 0 Å². The summed E-state index contributed by atoms with van der Waals surface area (Å²) >= 11 is 0. The molecule has 25 N–H and O–H groups in total. The van der Waals surface area contributed by atoms with Gasteiger partial charge in [-0.3, -0.25) is 52.7 Å². The van der Waals surface area contributed by atoms with Crippen molar-refractivity contribution < 1.29 is 52.7 Å². The summed E-state index contributed by atoms with van der Waals surface area (Å²) in [4.78, 5) is 160. The zero-order chi connectivity index (χ0) is 75.8. The lowest BCUT2D eigenvalue weighted by atomic mass is 9.96. The summed E-state index contributed by atoms with van der Waals surface area (Å²) < 4.78 is 0. The van der Waals surface area contributed by atoms with Crippen LogP contribution in [0.4, 0.5) is 0 Å². The molecule has 3 aromatic rings. The van der Waals surface area contributed by atoms with Gasteiger partial charge in [-0.1, -0.05) is 110 Å². The number of amides is 11. The molecule has 29 heteroatoms. The monoisotopic (exact) mass is 1430 g/mol.